The van der Waals surface area contributed by atoms with Gasteiger partial charge >= 0.3 is 0 Å². The predicted molar refractivity (Wildman–Crippen MR) is 165 cm³/mol. The maximum absolute atomic E-state index is 10.1. The molecule has 1 aliphatic heterocycles. The number of nitriles is 1. The van der Waals surface area contributed by atoms with Gasteiger partial charge in [0.2, 0.25) is 5.95 Å². The highest BCUT2D eigenvalue weighted by Crippen LogP contribution is 2.46. The summed E-state index contributed by atoms with van der Waals surface area (Å²) in [5.41, 5.74) is 3.94. The van der Waals surface area contributed by atoms with Crippen molar-refractivity contribution < 1.29 is 14.6 Å². The summed E-state index contributed by atoms with van der Waals surface area (Å²) < 4.78 is 12.4. The SMILES string of the molecule is COc1cccc(-c2c(-c3ccnc(Nc4cccc(OCCCN5CCCC(O)C5)c4)n3)sc(SC)c2C#N)c1. The average molecular weight is 588 g/mol. The lowest BCUT2D eigenvalue weighted by Gasteiger charge is -2.29. The highest BCUT2D eigenvalue weighted by atomic mass is 32.2. The number of aliphatic hydroxyl groups excluding tert-OH is 1. The molecule has 2 aromatic heterocycles. The molecule has 1 fully saturated rings. The molecule has 212 valence electrons. The van der Waals surface area contributed by atoms with Crippen LogP contribution in [-0.2, 0) is 0 Å². The number of aromatic nitrogens is 2. The highest BCUT2D eigenvalue weighted by molar-refractivity contribution is 8.00. The Morgan fingerprint density at radius 1 is 1.20 bits per heavy atom. The molecule has 10 heteroatoms. The molecule has 1 saturated heterocycles. The zero-order valence-electron chi connectivity index (χ0n) is 23.2. The lowest BCUT2D eigenvalue weighted by atomic mass is 10.0. The second-order valence-corrected chi connectivity index (χ2v) is 11.8. The van der Waals surface area contributed by atoms with Crippen LogP contribution in [0.15, 0.2) is 65.0 Å². The smallest absolute Gasteiger partial charge is 0.227 e. The van der Waals surface area contributed by atoms with Gasteiger partial charge in [0.05, 0.1) is 40.2 Å². The topological polar surface area (TPSA) is 104 Å². The number of benzene rings is 2. The van der Waals surface area contributed by atoms with Gasteiger partial charge < -0.3 is 24.8 Å². The van der Waals surface area contributed by atoms with Gasteiger partial charge in [0.1, 0.15) is 17.6 Å². The molecule has 1 aliphatic rings. The first-order valence-electron chi connectivity index (χ1n) is 13.6. The van der Waals surface area contributed by atoms with Crippen molar-refractivity contribution in [1.29, 1.82) is 5.26 Å². The number of methoxy groups -OCH3 is 1. The number of nitrogens with one attached hydrogen (secondary N) is 1. The minimum atomic E-state index is -0.206. The van der Waals surface area contributed by atoms with Gasteiger partial charge in [0, 0.05) is 36.6 Å². The van der Waals surface area contributed by atoms with Crippen molar-refractivity contribution in [2.24, 2.45) is 0 Å². The number of nitrogens with zero attached hydrogens (tertiary/aromatic N) is 4. The molecule has 2 N–H and O–H groups in total. The van der Waals surface area contributed by atoms with E-state index in [4.69, 9.17) is 14.5 Å². The Bertz CT molecular complexity index is 1520. The van der Waals surface area contributed by atoms with Crippen LogP contribution in [0, 0.1) is 11.3 Å². The number of piperidine rings is 1. The number of thiophene rings is 1. The summed E-state index contributed by atoms with van der Waals surface area (Å²) in [7, 11) is 1.64. The van der Waals surface area contributed by atoms with E-state index < -0.39 is 0 Å². The fourth-order valence-electron chi connectivity index (χ4n) is 4.94. The molecule has 0 saturated carbocycles. The molecule has 0 amide bonds. The third-order valence-electron chi connectivity index (χ3n) is 6.88. The van der Waals surface area contributed by atoms with Gasteiger partial charge in [-0.15, -0.1) is 23.1 Å². The average Bonchev–Trinajstić information content (AvgIpc) is 3.39. The summed E-state index contributed by atoms with van der Waals surface area (Å²) in [5, 5.41) is 23.2. The third-order valence-corrected chi connectivity index (χ3v) is 9.21. The quantitative estimate of drug-likeness (QED) is 0.151. The Morgan fingerprint density at radius 3 is 2.85 bits per heavy atom. The first-order chi connectivity index (χ1) is 20.1. The van der Waals surface area contributed by atoms with E-state index in [0.29, 0.717) is 18.1 Å². The van der Waals surface area contributed by atoms with Crippen LogP contribution in [0.4, 0.5) is 11.6 Å². The zero-order valence-corrected chi connectivity index (χ0v) is 24.8. The second kappa shape index (κ2) is 13.8. The Labute approximate surface area is 249 Å². The van der Waals surface area contributed by atoms with Crippen LogP contribution in [0.3, 0.4) is 0 Å². The molecule has 8 nitrogen and oxygen atoms in total. The number of ether oxygens (including phenoxy) is 2. The van der Waals surface area contributed by atoms with Crippen molar-refractivity contribution >= 4 is 34.7 Å². The van der Waals surface area contributed by atoms with E-state index in [1.807, 2.05) is 60.9 Å². The van der Waals surface area contributed by atoms with Crippen LogP contribution in [0.5, 0.6) is 11.5 Å². The number of hydrogen-bond donors (Lipinski definition) is 2. The standard InChI is InChI=1S/C31H33N5O3S2/c1-38-24-10-3-7-21(17-24)28-26(19-32)30(40-2)41-29(28)27-12-13-33-31(35-27)34-22-8-4-11-25(18-22)39-16-6-15-36-14-5-9-23(37)20-36/h3-4,7-8,10-13,17-18,23,37H,5-6,9,14-16,20H2,1-2H3,(H,33,34,35). The number of anilines is 2. The molecule has 0 bridgehead atoms. The van der Waals surface area contributed by atoms with Crippen molar-refractivity contribution in [3.63, 3.8) is 0 Å². The summed E-state index contributed by atoms with van der Waals surface area (Å²) in [6, 6.07) is 19.8. The predicted octanol–water partition coefficient (Wildman–Crippen LogP) is 6.44. The maximum atomic E-state index is 10.1. The van der Waals surface area contributed by atoms with Gasteiger partial charge in [-0.25, -0.2) is 9.97 Å². The number of likely N-dealkylation sites (tertiary alicyclic amines) is 1. The summed E-state index contributed by atoms with van der Waals surface area (Å²) in [6.45, 7) is 3.31. The van der Waals surface area contributed by atoms with Crippen molar-refractivity contribution in [1.82, 2.24) is 14.9 Å². The molecule has 2 aromatic carbocycles. The monoisotopic (exact) mass is 587 g/mol. The van der Waals surface area contributed by atoms with E-state index in [2.05, 4.69) is 21.3 Å². The number of rotatable bonds is 11. The van der Waals surface area contributed by atoms with Gasteiger partial charge in [-0.3, -0.25) is 0 Å². The normalized spacial score (nSPS) is 15.3. The van der Waals surface area contributed by atoms with Crippen molar-refractivity contribution in [2.45, 2.75) is 29.6 Å². The number of thioether (sulfide) groups is 1. The van der Waals surface area contributed by atoms with Crippen LogP contribution in [0.1, 0.15) is 24.8 Å². The summed E-state index contributed by atoms with van der Waals surface area (Å²) in [6.07, 6.45) is 6.34. The van der Waals surface area contributed by atoms with Crippen LogP contribution in [-0.4, -0.2) is 65.7 Å². The number of aliphatic hydroxyl groups is 1. The van der Waals surface area contributed by atoms with E-state index in [1.54, 1.807) is 36.4 Å². The number of hydrogen-bond acceptors (Lipinski definition) is 10. The van der Waals surface area contributed by atoms with E-state index in [0.717, 1.165) is 82.0 Å². The van der Waals surface area contributed by atoms with Gasteiger partial charge in [0.25, 0.3) is 0 Å². The molecule has 0 radical (unpaired) electrons. The zero-order chi connectivity index (χ0) is 28.6. The molecule has 5 rings (SSSR count). The lowest BCUT2D eigenvalue weighted by Crippen LogP contribution is -2.39. The van der Waals surface area contributed by atoms with Crippen molar-refractivity contribution in [2.75, 3.05) is 44.9 Å². The molecule has 4 aromatic rings. The Kier molecular flexibility index (Phi) is 9.75. The molecule has 1 atom stereocenters. The van der Waals surface area contributed by atoms with Gasteiger partial charge in [-0.2, -0.15) is 5.26 Å². The van der Waals surface area contributed by atoms with E-state index in [-0.39, 0.29) is 6.10 Å². The lowest BCUT2D eigenvalue weighted by molar-refractivity contribution is 0.0679. The minimum absolute atomic E-state index is 0.206. The van der Waals surface area contributed by atoms with Crippen LogP contribution in [0.2, 0.25) is 0 Å². The second-order valence-electron chi connectivity index (χ2n) is 9.73. The number of β-amino-alcohol motifs (C(OH)–C–C–N with tert-alkyl or cyclic N) is 1. The van der Waals surface area contributed by atoms with Gasteiger partial charge in [-0.1, -0.05) is 18.2 Å². The maximum Gasteiger partial charge on any atom is 0.227 e. The molecular formula is C31H33N5O3S2. The fraction of sp³-hybridized carbons (Fsp3) is 0.323. The van der Waals surface area contributed by atoms with E-state index >= 15 is 0 Å². The highest BCUT2D eigenvalue weighted by Gasteiger charge is 2.22. The van der Waals surface area contributed by atoms with Gasteiger partial charge in [0.15, 0.2) is 0 Å². The summed E-state index contributed by atoms with van der Waals surface area (Å²) >= 11 is 3.11. The molecule has 41 heavy (non-hydrogen) atoms. The first-order valence-corrected chi connectivity index (χ1v) is 15.6. The first kappa shape index (κ1) is 28.9. The van der Waals surface area contributed by atoms with E-state index in [1.165, 1.54) is 0 Å². The minimum Gasteiger partial charge on any atom is -0.497 e. The van der Waals surface area contributed by atoms with Crippen molar-refractivity contribution in [3.8, 4) is 39.3 Å². The Hall–Kier alpha value is -3.62. The summed E-state index contributed by atoms with van der Waals surface area (Å²) in [5.74, 6) is 1.95. The van der Waals surface area contributed by atoms with Crippen molar-refractivity contribution in [3.05, 3.63) is 66.4 Å². The Balaban J connectivity index is 1.31. The molecule has 0 spiro atoms. The molecule has 0 aliphatic carbocycles. The van der Waals surface area contributed by atoms with Gasteiger partial charge in [-0.05, 0) is 68.0 Å². The fourth-order valence-corrected chi connectivity index (χ4v) is 6.85. The largest absolute Gasteiger partial charge is 0.497 e. The van der Waals surface area contributed by atoms with E-state index in [9.17, 15) is 10.4 Å². The summed E-state index contributed by atoms with van der Waals surface area (Å²) in [4.78, 5) is 12.5. The van der Waals surface area contributed by atoms with Crippen LogP contribution in [0.25, 0.3) is 21.7 Å². The molecule has 3 heterocycles. The van der Waals surface area contributed by atoms with Crippen LogP contribution >= 0.6 is 23.1 Å². The molecule has 1 unspecified atom stereocenters. The molecular weight excluding hydrogens is 555 g/mol. The third kappa shape index (κ3) is 7.18. The van der Waals surface area contributed by atoms with Crippen LogP contribution < -0.4 is 14.8 Å². The Morgan fingerprint density at radius 2 is 2.05 bits per heavy atom.